The van der Waals surface area contributed by atoms with E-state index in [-0.39, 0.29) is 5.91 Å². The zero-order valence-electron chi connectivity index (χ0n) is 4.69. The Morgan fingerprint density at radius 2 is 2.43 bits per heavy atom. The lowest BCUT2D eigenvalue weighted by Gasteiger charge is -1.90. The molecular weight excluding hydrogens is 90.1 g/mol. The van der Waals surface area contributed by atoms with Crippen LogP contribution in [0, 0.1) is 6.42 Å². The molecule has 2 nitrogen and oxygen atoms in total. The fraction of sp³-hybridized carbons (Fsp3) is 0.600. The molecule has 0 aromatic heterocycles. The van der Waals surface area contributed by atoms with Crippen LogP contribution in [-0.2, 0) is 4.79 Å². The van der Waals surface area contributed by atoms with Crippen LogP contribution in [0.1, 0.15) is 13.3 Å². The summed E-state index contributed by atoms with van der Waals surface area (Å²) in [5.41, 5.74) is 0. The van der Waals surface area contributed by atoms with Crippen LogP contribution < -0.4 is 5.32 Å². The van der Waals surface area contributed by atoms with Crippen LogP contribution in [0.25, 0.3) is 0 Å². The normalized spacial score (nSPS) is 8.29. The second-order valence-corrected chi connectivity index (χ2v) is 1.23. The maximum Gasteiger partial charge on any atom is 0.223 e. The van der Waals surface area contributed by atoms with Crippen LogP contribution >= 0.6 is 0 Å². The van der Waals surface area contributed by atoms with Crippen molar-refractivity contribution in [2.75, 3.05) is 7.05 Å². The van der Waals surface area contributed by atoms with Crippen LogP contribution in [0.15, 0.2) is 0 Å². The first-order valence-electron chi connectivity index (χ1n) is 2.36. The molecule has 41 valence electrons. The van der Waals surface area contributed by atoms with Gasteiger partial charge >= 0.3 is 0 Å². The van der Waals surface area contributed by atoms with E-state index in [1.54, 1.807) is 13.5 Å². The van der Waals surface area contributed by atoms with Crippen molar-refractivity contribution in [3.05, 3.63) is 6.42 Å². The van der Waals surface area contributed by atoms with Crippen LogP contribution in [-0.4, -0.2) is 13.0 Å². The van der Waals surface area contributed by atoms with Crippen molar-refractivity contribution in [2.45, 2.75) is 13.3 Å². The Morgan fingerprint density at radius 1 is 1.86 bits per heavy atom. The van der Waals surface area contributed by atoms with E-state index in [4.69, 9.17) is 0 Å². The summed E-state index contributed by atoms with van der Waals surface area (Å²) in [6.07, 6.45) is 2.40. The number of nitrogens with one attached hydrogen (secondary N) is 1. The monoisotopic (exact) mass is 100 g/mol. The third-order valence-corrected chi connectivity index (χ3v) is 0.636. The fourth-order valence-electron chi connectivity index (χ4n) is 0.287. The van der Waals surface area contributed by atoms with Crippen molar-refractivity contribution >= 4 is 5.91 Å². The van der Waals surface area contributed by atoms with Gasteiger partial charge in [-0.2, -0.15) is 0 Å². The van der Waals surface area contributed by atoms with Gasteiger partial charge in [0.05, 0.1) is 0 Å². The average molecular weight is 100 g/mol. The topological polar surface area (TPSA) is 29.1 Å². The molecule has 0 unspecified atom stereocenters. The molecular formula is C5H10NO. The Labute approximate surface area is 43.9 Å². The summed E-state index contributed by atoms with van der Waals surface area (Å²) in [5, 5.41) is 2.47. The molecule has 0 saturated heterocycles. The number of hydrogen-bond acceptors (Lipinski definition) is 1. The summed E-state index contributed by atoms with van der Waals surface area (Å²) in [6, 6.07) is 0. The highest BCUT2D eigenvalue weighted by molar-refractivity contribution is 5.84. The third kappa shape index (κ3) is 3.30. The minimum Gasteiger partial charge on any atom is -0.359 e. The van der Waals surface area contributed by atoms with E-state index in [1.807, 2.05) is 6.92 Å². The van der Waals surface area contributed by atoms with Gasteiger partial charge in [0.2, 0.25) is 5.91 Å². The molecule has 0 spiro atoms. The van der Waals surface area contributed by atoms with E-state index in [1.165, 1.54) is 0 Å². The zero-order valence-corrected chi connectivity index (χ0v) is 4.69. The SMILES string of the molecule is CC[CH]C(=O)NC. The van der Waals surface area contributed by atoms with Gasteiger partial charge in [0, 0.05) is 13.5 Å². The summed E-state index contributed by atoms with van der Waals surface area (Å²) in [6.45, 7) is 1.93. The van der Waals surface area contributed by atoms with Gasteiger partial charge in [0.1, 0.15) is 0 Å². The van der Waals surface area contributed by atoms with Crippen molar-refractivity contribution in [2.24, 2.45) is 0 Å². The van der Waals surface area contributed by atoms with E-state index < -0.39 is 0 Å². The molecule has 0 aliphatic carbocycles. The van der Waals surface area contributed by atoms with Crippen molar-refractivity contribution in [1.82, 2.24) is 5.32 Å². The number of hydrogen-bond donors (Lipinski definition) is 1. The lowest BCUT2D eigenvalue weighted by Crippen LogP contribution is -2.17. The molecule has 0 aromatic rings. The fourth-order valence-corrected chi connectivity index (χ4v) is 0.287. The van der Waals surface area contributed by atoms with E-state index >= 15 is 0 Å². The van der Waals surface area contributed by atoms with Crippen molar-refractivity contribution < 1.29 is 4.79 Å². The molecule has 0 rings (SSSR count). The number of carbonyl (C=O) groups is 1. The molecule has 0 atom stereocenters. The molecule has 7 heavy (non-hydrogen) atoms. The molecule has 0 aliphatic heterocycles. The summed E-state index contributed by atoms with van der Waals surface area (Å²) in [4.78, 5) is 10.2. The van der Waals surface area contributed by atoms with Gasteiger partial charge in [-0.05, 0) is 6.42 Å². The average Bonchev–Trinajstić information content (AvgIpc) is 1.68. The van der Waals surface area contributed by atoms with E-state index in [9.17, 15) is 4.79 Å². The predicted molar refractivity (Wildman–Crippen MR) is 28.7 cm³/mol. The maximum absolute atomic E-state index is 10.2. The Kier molecular flexibility index (Phi) is 3.38. The van der Waals surface area contributed by atoms with Gasteiger partial charge in [-0.25, -0.2) is 0 Å². The molecule has 0 bridgehead atoms. The highest BCUT2D eigenvalue weighted by Gasteiger charge is 1.90. The first-order valence-corrected chi connectivity index (χ1v) is 2.36. The minimum absolute atomic E-state index is 0.00231. The molecule has 1 radical (unpaired) electrons. The Morgan fingerprint density at radius 3 is 2.57 bits per heavy atom. The maximum atomic E-state index is 10.2. The predicted octanol–water partition coefficient (Wildman–Crippen LogP) is 0.347. The van der Waals surface area contributed by atoms with Crippen molar-refractivity contribution in [1.29, 1.82) is 0 Å². The summed E-state index contributed by atoms with van der Waals surface area (Å²) < 4.78 is 0. The molecule has 0 saturated carbocycles. The zero-order chi connectivity index (χ0) is 5.70. The van der Waals surface area contributed by atoms with Gasteiger partial charge in [-0.15, -0.1) is 0 Å². The summed E-state index contributed by atoms with van der Waals surface area (Å²) in [5.74, 6) is 0.00231. The smallest absolute Gasteiger partial charge is 0.223 e. The van der Waals surface area contributed by atoms with Crippen LogP contribution in [0.5, 0.6) is 0 Å². The number of amides is 1. The van der Waals surface area contributed by atoms with E-state index in [0.717, 1.165) is 6.42 Å². The second-order valence-electron chi connectivity index (χ2n) is 1.23. The van der Waals surface area contributed by atoms with Gasteiger partial charge in [-0.1, -0.05) is 6.92 Å². The second kappa shape index (κ2) is 3.65. The Bertz CT molecular complexity index is 61.1. The van der Waals surface area contributed by atoms with Crippen LogP contribution in [0.3, 0.4) is 0 Å². The van der Waals surface area contributed by atoms with Gasteiger partial charge < -0.3 is 5.32 Å². The highest BCUT2D eigenvalue weighted by Crippen LogP contribution is 1.80. The number of rotatable bonds is 2. The highest BCUT2D eigenvalue weighted by atomic mass is 16.1. The lowest BCUT2D eigenvalue weighted by molar-refractivity contribution is -0.117. The van der Waals surface area contributed by atoms with Gasteiger partial charge in [0.15, 0.2) is 0 Å². The van der Waals surface area contributed by atoms with E-state index in [0.29, 0.717) is 0 Å². The largest absolute Gasteiger partial charge is 0.359 e. The molecule has 0 fully saturated rings. The minimum atomic E-state index is 0.00231. The molecule has 1 N–H and O–H groups in total. The summed E-state index contributed by atoms with van der Waals surface area (Å²) >= 11 is 0. The molecule has 2 heteroatoms. The molecule has 0 aromatic carbocycles. The van der Waals surface area contributed by atoms with Crippen molar-refractivity contribution in [3.8, 4) is 0 Å². The van der Waals surface area contributed by atoms with Gasteiger partial charge in [0.25, 0.3) is 0 Å². The van der Waals surface area contributed by atoms with Crippen LogP contribution in [0.2, 0.25) is 0 Å². The summed E-state index contributed by atoms with van der Waals surface area (Å²) in [7, 11) is 1.62. The quantitative estimate of drug-likeness (QED) is 0.533. The third-order valence-electron chi connectivity index (χ3n) is 0.636. The first-order chi connectivity index (χ1) is 3.31. The standard InChI is InChI=1S/C5H10NO/c1-3-4-5(7)6-2/h4H,3H2,1-2H3,(H,6,7). The molecule has 1 amide bonds. The molecule has 0 heterocycles. The first kappa shape index (κ1) is 6.47. The lowest BCUT2D eigenvalue weighted by atomic mass is 10.3. The van der Waals surface area contributed by atoms with Gasteiger partial charge in [-0.3, -0.25) is 4.79 Å². The Hall–Kier alpha value is -0.530. The number of carbonyl (C=O) groups excluding carboxylic acids is 1. The molecule has 0 aliphatic rings. The van der Waals surface area contributed by atoms with Crippen LogP contribution in [0.4, 0.5) is 0 Å². The van der Waals surface area contributed by atoms with Crippen molar-refractivity contribution in [3.63, 3.8) is 0 Å². The Balaban J connectivity index is 3.00. The van der Waals surface area contributed by atoms with E-state index in [2.05, 4.69) is 5.32 Å².